The standard InChI is InChI=1S/C33H60N4/c1-5-7-9-11-13-15-17-19-21-23-25-32-34-28(3)30(36-32)27-31-29(4)35-33(37-31)26-24-22-20-18-16-14-12-10-8-6-2/h5-27H2,1-4H3,(H,34,36)(H,35,37). The number of nitrogens with one attached hydrogen (secondary N) is 2. The zero-order valence-electron chi connectivity index (χ0n) is 25.2. The number of hydrogen-bond donors (Lipinski definition) is 2. The summed E-state index contributed by atoms with van der Waals surface area (Å²) in [6.45, 7) is 8.91. The average Bonchev–Trinajstić information content (AvgIpc) is 3.42. The van der Waals surface area contributed by atoms with E-state index in [4.69, 9.17) is 9.97 Å². The zero-order valence-corrected chi connectivity index (χ0v) is 25.2. The summed E-state index contributed by atoms with van der Waals surface area (Å²) >= 11 is 0. The molecule has 2 rings (SSSR count). The minimum atomic E-state index is 0.834. The Bertz CT molecular complexity index is 737. The molecule has 2 aromatic rings. The van der Waals surface area contributed by atoms with Gasteiger partial charge in [0, 0.05) is 30.7 Å². The number of hydrogen-bond acceptors (Lipinski definition) is 2. The summed E-state index contributed by atoms with van der Waals surface area (Å²) in [4.78, 5) is 17.0. The molecule has 0 fully saturated rings. The zero-order chi connectivity index (χ0) is 26.6. The molecule has 0 aliphatic carbocycles. The van der Waals surface area contributed by atoms with E-state index in [1.807, 2.05) is 0 Å². The topological polar surface area (TPSA) is 57.4 Å². The second-order valence-corrected chi connectivity index (χ2v) is 11.6. The molecule has 0 aliphatic heterocycles. The highest BCUT2D eigenvalue weighted by Crippen LogP contribution is 2.17. The first-order valence-corrected chi connectivity index (χ1v) is 16.2. The number of aromatic amines is 2. The highest BCUT2D eigenvalue weighted by molar-refractivity contribution is 5.24. The Morgan fingerprint density at radius 1 is 0.432 bits per heavy atom. The van der Waals surface area contributed by atoms with Gasteiger partial charge in [0.05, 0.1) is 11.4 Å². The van der Waals surface area contributed by atoms with Crippen molar-refractivity contribution in [1.82, 2.24) is 19.9 Å². The molecule has 0 unspecified atom stereocenters. The van der Waals surface area contributed by atoms with Crippen LogP contribution in [-0.2, 0) is 19.3 Å². The van der Waals surface area contributed by atoms with Crippen LogP contribution >= 0.6 is 0 Å². The first-order chi connectivity index (χ1) is 18.1. The van der Waals surface area contributed by atoms with Crippen LogP contribution in [0.25, 0.3) is 0 Å². The summed E-state index contributed by atoms with van der Waals surface area (Å²) in [6.07, 6.45) is 30.5. The summed E-state index contributed by atoms with van der Waals surface area (Å²) in [6, 6.07) is 0. The van der Waals surface area contributed by atoms with Gasteiger partial charge < -0.3 is 9.97 Å². The van der Waals surface area contributed by atoms with E-state index < -0.39 is 0 Å². The minimum Gasteiger partial charge on any atom is -0.346 e. The quantitative estimate of drug-likeness (QED) is 0.137. The molecular weight excluding hydrogens is 452 g/mol. The molecule has 0 bridgehead atoms. The summed E-state index contributed by atoms with van der Waals surface area (Å²) < 4.78 is 0. The summed E-state index contributed by atoms with van der Waals surface area (Å²) in [5, 5.41) is 0. The Labute approximate surface area is 229 Å². The Morgan fingerprint density at radius 3 is 1.05 bits per heavy atom. The van der Waals surface area contributed by atoms with Gasteiger partial charge in [-0.25, -0.2) is 9.97 Å². The predicted octanol–water partition coefficient (Wildman–Crippen LogP) is 10.3. The summed E-state index contributed by atoms with van der Waals surface area (Å²) in [5.41, 5.74) is 4.76. The Morgan fingerprint density at radius 2 is 0.730 bits per heavy atom. The molecular formula is C33H60N4. The molecule has 2 heterocycles. The van der Waals surface area contributed by atoms with Gasteiger partial charge in [-0.2, -0.15) is 0 Å². The van der Waals surface area contributed by atoms with Crippen LogP contribution in [0.2, 0.25) is 0 Å². The van der Waals surface area contributed by atoms with Crippen LogP contribution in [0.1, 0.15) is 177 Å². The third kappa shape index (κ3) is 14.2. The number of aromatic nitrogens is 4. The molecule has 0 saturated heterocycles. The maximum absolute atomic E-state index is 4.95. The van der Waals surface area contributed by atoms with Gasteiger partial charge in [-0.1, -0.05) is 129 Å². The highest BCUT2D eigenvalue weighted by Gasteiger charge is 2.13. The van der Waals surface area contributed by atoms with E-state index in [1.165, 1.54) is 151 Å². The van der Waals surface area contributed by atoms with E-state index >= 15 is 0 Å². The van der Waals surface area contributed by atoms with Crippen molar-refractivity contribution in [3.05, 3.63) is 34.4 Å². The van der Waals surface area contributed by atoms with Crippen molar-refractivity contribution in [3.63, 3.8) is 0 Å². The monoisotopic (exact) mass is 512 g/mol. The van der Waals surface area contributed by atoms with E-state index in [2.05, 4.69) is 37.7 Å². The number of unbranched alkanes of at least 4 members (excludes halogenated alkanes) is 18. The molecule has 2 N–H and O–H groups in total. The smallest absolute Gasteiger partial charge is 0.106 e. The summed E-state index contributed by atoms with van der Waals surface area (Å²) in [5.74, 6) is 2.32. The molecule has 4 nitrogen and oxygen atoms in total. The average molecular weight is 513 g/mol. The van der Waals surface area contributed by atoms with Gasteiger partial charge in [0.15, 0.2) is 0 Å². The molecule has 2 aromatic heterocycles. The van der Waals surface area contributed by atoms with Gasteiger partial charge >= 0.3 is 0 Å². The number of aryl methyl sites for hydroxylation is 4. The molecule has 0 radical (unpaired) electrons. The van der Waals surface area contributed by atoms with Gasteiger partial charge in [0.25, 0.3) is 0 Å². The molecule has 0 atom stereocenters. The van der Waals surface area contributed by atoms with Gasteiger partial charge in [-0.05, 0) is 26.7 Å². The maximum atomic E-state index is 4.95. The first kappa shape index (κ1) is 31.6. The van der Waals surface area contributed by atoms with Crippen molar-refractivity contribution in [2.24, 2.45) is 0 Å². The van der Waals surface area contributed by atoms with Crippen LogP contribution in [0.5, 0.6) is 0 Å². The molecule has 0 saturated carbocycles. The van der Waals surface area contributed by atoms with Crippen LogP contribution in [0.3, 0.4) is 0 Å². The van der Waals surface area contributed by atoms with Crippen LogP contribution in [0.15, 0.2) is 0 Å². The molecule has 0 spiro atoms. The molecule has 0 amide bonds. The fourth-order valence-electron chi connectivity index (χ4n) is 5.43. The van der Waals surface area contributed by atoms with Gasteiger partial charge in [-0.3, -0.25) is 0 Å². The van der Waals surface area contributed by atoms with E-state index in [0.717, 1.165) is 30.9 Å². The highest BCUT2D eigenvalue weighted by atomic mass is 15.0. The molecule has 0 aromatic carbocycles. The van der Waals surface area contributed by atoms with Crippen molar-refractivity contribution < 1.29 is 0 Å². The van der Waals surface area contributed by atoms with Crippen LogP contribution in [0, 0.1) is 13.8 Å². The minimum absolute atomic E-state index is 0.834. The summed E-state index contributed by atoms with van der Waals surface area (Å²) in [7, 11) is 0. The largest absolute Gasteiger partial charge is 0.346 e. The van der Waals surface area contributed by atoms with E-state index in [9.17, 15) is 0 Å². The van der Waals surface area contributed by atoms with E-state index in [1.54, 1.807) is 0 Å². The normalized spacial score (nSPS) is 11.6. The lowest BCUT2D eigenvalue weighted by atomic mass is 10.1. The Hall–Kier alpha value is -1.58. The van der Waals surface area contributed by atoms with Crippen molar-refractivity contribution in [2.75, 3.05) is 0 Å². The van der Waals surface area contributed by atoms with Crippen molar-refractivity contribution in [1.29, 1.82) is 0 Å². The van der Waals surface area contributed by atoms with Crippen molar-refractivity contribution in [3.8, 4) is 0 Å². The molecule has 37 heavy (non-hydrogen) atoms. The number of H-pyrrole nitrogens is 2. The molecule has 0 aliphatic rings. The fourth-order valence-corrected chi connectivity index (χ4v) is 5.43. The lowest BCUT2D eigenvalue weighted by Gasteiger charge is -2.01. The van der Waals surface area contributed by atoms with Crippen molar-refractivity contribution in [2.45, 2.75) is 175 Å². The lowest BCUT2D eigenvalue weighted by Crippen LogP contribution is -1.95. The lowest BCUT2D eigenvalue weighted by molar-refractivity contribution is 0.554. The molecule has 4 heteroatoms. The first-order valence-electron chi connectivity index (χ1n) is 16.2. The predicted molar refractivity (Wildman–Crippen MR) is 161 cm³/mol. The Balaban J connectivity index is 1.59. The third-order valence-corrected chi connectivity index (χ3v) is 7.94. The van der Waals surface area contributed by atoms with Crippen LogP contribution in [0.4, 0.5) is 0 Å². The van der Waals surface area contributed by atoms with Crippen LogP contribution in [-0.4, -0.2) is 19.9 Å². The molecule has 212 valence electrons. The fraction of sp³-hybridized carbons (Fsp3) is 0.818. The number of imidazole rings is 2. The number of rotatable bonds is 24. The van der Waals surface area contributed by atoms with Gasteiger partial charge in [-0.15, -0.1) is 0 Å². The third-order valence-electron chi connectivity index (χ3n) is 7.94. The second kappa shape index (κ2) is 20.4. The van der Waals surface area contributed by atoms with Gasteiger partial charge in [0.1, 0.15) is 11.6 Å². The SMILES string of the molecule is CCCCCCCCCCCCc1nc(Cc2nc(CCCCCCCCCCCC)[nH]c2C)c(C)[nH]1. The van der Waals surface area contributed by atoms with Crippen molar-refractivity contribution >= 4 is 0 Å². The second-order valence-electron chi connectivity index (χ2n) is 11.6. The maximum Gasteiger partial charge on any atom is 0.106 e. The number of nitrogens with zero attached hydrogens (tertiary/aromatic N) is 2. The van der Waals surface area contributed by atoms with Gasteiger partial charge in [0.2, 0.25) is 0 Å². The van der Waals surface area contributed by atoms with E-state index in [0.29, 0.717) is 0 Å². The Kier molecular flexibility index (Phi) is 17.4. The van der Waals surface area contributed by atoms with E-state index in [-0.39, 0.29) is 0 Å². The van der Waals surface area contributed by atoms with Crippen LogP contribution < -0.4 is 0 Å².